The summed E-state index contributed by atoms with van der Waals surface area (Å²) >= 11 is 0. The van der Waals surface area contributed by atoms with Crippen molar-refractivity contribution < 1.29 is 5.11 Å². The highest BCUT2D eigenvalue weighted by Gasteiger charge is 2.40. The molecule has 1 unspecified atom stereocenters. The topological polar surface area (TPSA) is 20.2 Å². The van der Waals surface area contributed by atoms with E-state index in [2.05, 4.69) is 0 Å². The molecule has 3 aliphatic carbocycles. The predicted molar refractivity (Wildman–Crippen MR) is 75.4 cm³/mol. The minimum atomic E-state index is 0.0289. The zero-order chi connectivity index (χ0) is 12.4. The van der Waals surface area contributed by atoms with Crippen molar-refractivity contribution in [3.8, 4) is 0 Å². The Labute approximate surface area is 112 Å². The summed E-state index contributed by atoms with van der Waals surface area (Å²) in [5, 5.41) is 10.6. The van der Waals surface area contributed by atoms with Crippen LogP contribution >= 0.6 is 0 Å². The molecule has 0 aromatic rings. The van der Waals surface area contributed by atoms with Gasteiger partial charge in [-0.2, -0.15) is 0 Å². The molecule has 3 rings (SSSR count). The van der Waals surface area contributed by atoms with Gasteiger partial charge in [-0.25, -0.2) is 0 Å². The molecule has 0 aromatic carbocycles. The largest absolute Gasteiger partial charge is 0.393 e. The molecule has 1 nitrogen and oxygen atoms in total. The van der Waals surface area contributed by atoms with E-state index >= 15 is 0 Å². The molecule has 1 heteroatoms. The van der Waals surface area contributed by atoms with E-state index in [1.165, 1.54) is 70.6 Å². The number of hydrogen-bond donors (Lipinski definition) is 1. The van der Waals surface area contributed by atoms with Gasteiger partial charge in [-0.3, -0.25) is 0 Å². The van der Waals surface area contributed by atoms with Crippen molar-refractivity contribution in [2.45, 2.75) is 83.2 Å². The van der Waals surface area contributed by atoms with Gasteiger partial charge in [0.25, 0.3) is 0 Å². The van der Waals surface area contributed by atoms with Crippen molar-refractivity contribution in [1.29, 1.82) is 0 Å². The van der Waals surface area contributed by atoms with Gasteiger partial charge >= 0.3 is 0 Å². The first-order valence-electron chi connectivity index (χ1n) is 8.52. The van der Waals surface area contributed by atoms with Crippen molar-refractivity contribution in [3.05, 3.63) is 0 Å². The highest BCUT2D eigenvalue weighted by atomic mass is 16.3. The van der Waals surface area contributed by atoms with Crippen LogP contribution in [0.4, 0.5) is 0 Å². The Kier molecular flexibility index (Phi) is 4.28. The first-order valence-corrected chi connectivity index (χ1v) is 8.52. The first-order chi connectivity index (χ1) is 8.84. The maximum absolute atomic E-state index is 10.6. The van der Waals surface area contributed by atoms with Crippen LogP contribution in [0.1, 0.15) is 77.0 Å². The fraction of sp³-hybridized carbons (Fsp3) is 1.00. The molecule has 0 bridgehead atoms. The maximum atomic E-state index is 10.6. The van der Waals surface area contributed by atoms with Gasteiger partial charge in [-0.15, -0.1) is 0 Å². The average Bonchev–Trinajstić information content (AvgIpc) is 2.72. The SMILES string of the molecule is OC(CCC1CCCC1)C(C1CCC1)C1CCC1. The molecule has 0 saturated heterocycles. The molecule has 0 aromatic heterocycles. The van der Waals surface area contributed by atoms with Crippen LogP contribution < -0.4 is 0 Å². The molecule has 0 aliphatic heterocycles. The second kappa shape index (κ2) is 5.94. The third kappa shape index (κ3) is 2.76. The van der Waals surface area contributed by atoms with Crippen molar-refractivity contribution >= 4 is 0 Å². The number of hydrogen-bond acceptors (Lipinski definition) is 1. The van der Waals surface area contributed by atoms with Gasteiger partial charge < -0.3 is 5.11 Å². The third-order valence-corrected chi connectivity index (χ3v) is 6.18. The fourth-order valence-corrected chi connectivity index (χ4v) is 4.56. The summed E-state index contributed by atoms with van der Waals surface area (Å²) < 4.78 is 0. The Hall–Kier alpha value is -0.0400. The second-order valence-electron chi connectivity index (χ2n) is 7.25. The second-order valence-corrected chi connectivity index (χ2v) is 7.25. The van der Waals surface area contributed by atoms with E-state index in [1.54, 1.807) is 0 Å². The van der Waals surface area contributed by atoms with Crippen LogP contribution in [-0.2, 0) is 0 Å². The highest BCUT2D eigenvalue weighted by molar-refractivity contribution is 4.90. The zero-order valence-corrected chi connectivity index (χ0v) is 11.8. The lowest BCUT2D eigenvalue weighted by Crippen LogP contribution is -2.40. The van der Waals surface area contributed by atoms with Crippen LogP contribution in [0.15, 0.2) is 0 Å². The Morgan fingerprint density at radius 3 is 1.78 bits per heavy atom. The van der Waals surface area contributed by atoms with E-state index in [-0.39, 0.29) is 6.10 Å². The van der Waals surface area contributed by atoms with Crippen molar-refractivity contribution in [1.82, 2.24) is 0 Å². The van der Waals surface area contributed by atoms with Gasteiger partial charge in [0.15, 0.2) is 0 Å². The molecule has 18 heavy (non-hydrogen) atoms. The number of rotatable bonds is 6. The Balaban J connectivity index is 1.48. The molecule has 0 heterocycles. The van der Waals surface area contributed by atoms with Crippen LogP contribution in [0.5, 0.6) is 0 Å². The van der Waals surface area contributed by atoms with Crippen molar-refractivity contribution in [2.24, 2.45) is 23.7 Å². The van der Waals surface area contributed by atoms with Gasteiger partial charge in [-0.05, 0) is 36.5 Å². The standard InChI is InChI=1S/C17H30O/c18-16(12-11-13-5-1-2-6-13)17(14-7-3-8-14)15-9-4-10-15/h13-18H,1-12H2. The van der Waals surface area contributed by atoms with Crippen LogP contribution in [0.3, 0.4) is 0 Å². The summed E-state index contributed by atoms with van der Waals surface area (Å²) in [7, 11) is 0. The quantitative estimate of drug-likeness (QED) is 0.734. The molecular formula is C17H30O. The summed E-state index contributed by atoms with van der Waals surface area (Å²) in [5.41, 5.74) is 0. The minimum Gasteiger partial charge on any atom is -0.393 e. The lowest BCUT2D eigenvalue weighted by Gasteiger charge is -2.45. The van der Waals surface area contributed by atoms with E-state index < -0.39 is 0 Å². The van der Waals surface area contributed by atoms with Gasteiger partial charge in [0, 0.05) is 0 Å². The van der Waals surface area contributed by atoms with E-state index in [1.807, 2.05) is 0 Å². The molecule has 3 aliphatic rings. The van der Waals surface area contributed by atoms with Crippen LogP contribution in [0.25, 0.3) is 0 Å². The van der Waals surface area contributed by atoms with Crippen LogP contribution in [-0.4, -0.2) is 11.2 Å². The van der Waals surface area contributed by atoms with Gasteiger partial charge in [0.05, 0.1) is 6.10 Å². The summed E-state index contributed by atoms with van der Waals surface area (Å²) in [5.74, 6) is 3.39. The van der Waals surface area contributed by atoms with E-state index in [4.69, 9.17) is 0 Å². The Bertz CT molecular complexity index is 234. The lowest BCUT2D eigenvalue weighted by atomic mass is 9.62. The Morgan fingerprint density at radius 1 is 0.778 bits per heavy atom. The highest BCUT2D eigenvalue weighted by Crippen LogP contribution is 2.47. The van der Waals surface area contributed by atoms with Crippen molar-refractivity contribution in [3.63, 3.8) is 0 Å². The number of aliphatic hydroxyl groups excluding tert-OH is 1. The number of aliphatic hydroxyl groups is 1. The van der Waals surface area contributed by atoms with E-state index in [9.17, 15) is 5.11 Å². The molecule has 0 spiro atoms. The van der Waals surface area contributed by atoms with Crippen LogP contribution in [0.2, 0.25) is 0 Å². The summed E-state index contributed by atoms with van der Waals surface area (Å²) in [6, 6.07) is 0. The van der Waals surface area contributed by atoms with Gasteiger partial charge in [-0.1, -0.05) is 64.2 Å². The minimum absolute atomic E-state index is 0.0289. The molecule has 0 amide bonds. The first kappa shape index (κ1) is 13.0. The predicted octanol–water partition coefficient (Wildman–Crippen LogP) is 4.53. The Morgan fingerprint density at radius 2 is 1.33 bits per heavy atom. The molecule has 1 N–H and O–H groups in total. The average molecular weight is 250 g/mol. The smallest absolute Gasteiger partial charge is 0.0573 e. The summed E-state index contributed by atoms with van der Waals surface area (Å²) in [6.07, 6.45) is 16.6. The molecule has 3 saturated carbocycles. The molecule has 104 valence electrons. The fourth-order valence-electron chi connectivity index (χ4n) is 4.56. The summed E-state index contributed by atoms with van der Waals surface area (Å²) in [4.78, 5) is 0. The molecule has 1 atom stereocenters. The maximum Gasteiger partial charge on any atom is 0.0573 e. The van der Waals surface area contributed by atoms with Gasteiger partial charge in [0.2, 0.25) is 0 Å². The van der Waals surface area contributed by atoms with Crippen molar-refractivity contribution in [2.75, 3.05) is 0 Å². The zero-order valence-electron chi connectivity index (χ0n) is 11.8. The molecule has 0 radical (unpaired) electrons. The summed E-state index contributed by atoms with van der Waals surface area (Å²) in [6.45, 7) is 0. The lowest BCUT2D eigenvalue weighted by molar-refractivity contribution is -0.0238. The normalized spacial score (nSPS) is 28.3. The third-order valence-electron chi connectivity index (χ3n) is 6.18. The van der Waals surface area contributed by atoms with Gasteiger partial charge in [0.1, 0.15) is 0 Å². The molecule has 3 fully saturated rings. The monoisotopic (exact) mass is 250 g/mol. The van der Waals surface area contributed by atoms with E-state index in [0.29, 0.717) is 5.92 Å². The van der Waals surface area contributed by atoms with E-state index in [0.717, 1.165) is 24.2 Å². The van der Waals surface area contributed by atoms with Crippen LogP contribution in [0, 0.1) is 23.7 Å². The molecular weight excluding hydrogens is 220 g/mol.